The van der Waals surface area contributed by atoms with Gasteiger partial charge in [0.25, 0.3) is 0 Å². The van der Waals surface area contributed by atoms with Gasteiger partial charge in [0.1, 0.15) is 0 Å². The first-order chi connectivity index (χ1) is 8.09. The highest BCUT2D eigenvalue weighted by Crippen LogP contribution is 2.37. The first-order valence-electron chi connectivity index (χ1n) is 6.51. The summed E-state index contributed by atoms with van der Waals surface area (Å²) >= 11 is 0. The van der Waals surface area contributed by atoms with Crippen LogP contribution in [0.3, 0.4) is 0 Å². The minimum Gasteiger partial charge on any atom is -0.374 e. The van der Waals surface area contributed by atoms with Gasteiger partial charge < -0.3 is 10.5 Å². The van der Waals surface area contributed by atoms with E-state index in [1.54, 1.807) is 0 Å². The third-order valence-corrected chi connectivity index (χ3v) is 3.74. The molecule has 3 nitrogen and oxygen atoms in total. The van der Waals surface area contributed by atoms with Crippen molar-refractivity contribution in [3.05, 3.63) is 0 Å². The van der Waals surface area contributed by atoms with E-state index in [0.29, 0.717) is 19.6 Å². The first kappa shape index (κ1) is 13.2. The van der Waals surface area contributed by atoms with Gasteiger partial charge in [-0.2, -0.15) is 0 Å². The molecule has 2 aliphatic rings. The maximum atomic E-state index is 13.3. The number of alkyl halides is 2. The standard InChI is InChI=1S/C12H22F2N2O/c13-12(14)3-1-2-10(6-12)8-16-4-5-17-11(7-15)9-16/h10-11H,1-9,15H2. The van der Waals surface area contributed by atoms with E-state index >= 15 is 0 Å². The highest BCUT2D eigenvalue weighted by atomic mass is 19.3. The van der Waals surface area contributed by atoms with Crippen LogP contribution in [-0.2, 0) is 4.74 Å². The normalized spacial score (nSPS) is 34.8. The molecule has 0 aromatic heterocycles. The molecule has 2 atom stereocenters. The largest absolute Gasteiger partial charge is 0.374 e. The number of nitrogens with two attached hydrogens (primary N) is 1. The van der Waals surface area contributed by atoms with Crippen LogP contribution in [0, 0.1) is 5.92 Å². The minimum atomic E-state index is -2.44. The fourth-order valence-electron chi connectivity index (χ4n) is 2.89. The molecule has 0 spiro atoms. The predicted octanol–water partition coefficient (Wildman–Crippen LogP) is 1.47. The maximum absolute atomic E-state index is 13.3. The molecule has 1 heterocycles. The van der Waals surface area contributed by atoms with Crippen molar-refractivity contribution < 1.29 is 13.5 Å². The van der Waals surface area contributed by atoms with E-state index in [-0.39, 0.29) is 24.9 Å². The Hall–Kier alpha value is -0.260. The molecule has 17 heavy (non-hydrogen) atoms. The zero-order valence-corrected chi connectivity index (χ0v) is 10.2. The zero-order valence-electron chi connectivity index (χ0n) is 10.2. The van der Waals surface area contributed by atoms with Crippen molar-refractivity contribution in [3.8, 4) is 0 Å². The van der Waals surface area contributed by atoms with E-state index < -0.39 is 5.92 Å². The van der Waals surface area contributed by atoms with Crippen LogP contribution >= 0.6 is 0 Å². The van der Waals surface area contributed by atoms with Crippen LogP contribution in [0.4, 0.5) is 8.78 Å². The van der Waals surface area contributed by atoms with Gasteiger partial charge in [0.2, 0.25) is 5.92 Å². The summed E-state index contributed by atoms with van der Waals surface area (Å²) in [6.07, 6.45) is 1.78. The number of halogens is 2. The maximum Gasteiger partial charge on any atom is 0.248 e. The van der Waals surface area contributed by atoms with Crippen molar-refractivity contribution in [2.24, 2.45) is 11.7 Å². The number of morpholine rings is 1. The van der Waals surface area contributed by atoms with Gasteiger partial charge in [0, 0.05) is 39.0 Å². The molecule has 2 rings (SSSR count). The van der Waals surface area contributed by atoms with Crippen molar-refractivity contribution in [1.29, 1.82) is 0 Å². The Morgan fingerprint density at radius 1 is 1.41 bits per heavy atom. The summed E-state index contributed by atoms with van der Waals surface area (Å²) < 4.78 is 32.0. The molecule has 0 aromatic carbocycles. The average Bonchev–Trinajstić information content (AvgIpc) is 2.28. The van der Waals surface area contributed by atoms with Crippen molar-refractivity contribution in [2.45, 2.75) is 37.7 Å². The lowest BCUT2D eigenvalue weighted by atomic mass is 9.86. The van der Waals surface area contributed by atoms with Crippen molar-refractivity contribution >= 4 is 0 Å². The number of hydrogen-bond acceptors (Lipinski definition) is 3. The zero-order chi connectivity index (χ0) is 12.3. The number of nitrogens with zero attached hydrogens (tertiary/aromatic N) is 1. The second-order valence-corrected chi connectivity index (χ2v) is 5.31. The van der Waals surface area contributed by atoms with E-state index in [1.165, 1.54) is 0 Å². The smallest absolute Gasteiger partial charge is 0.248 e. The van der Waals surface area contributed by atoms with Crippen LogP contribution in [0.15, 0.2) is 0 Å². The van der Waals surface area contributed by atoms with E-state index in [0.717, 1.165) is 26.1 Å². The van der Waals surface area contributed by atoms with Crippen LogP contribution in [-0.4, -0.2) is 49.7 Å². The Kier molecular flexibility index (Phi) is 4.33. The molecule has 1 aliphatic heterocycles. The molecular weight excluding hydrogens is 226 g/mol. The molecule has 1 aliphatic carbocycles. The topological polar surface area (TPSA) is 38.5 Å². The molecule has 2 fully saturated rings. The Morgan fingerprint density at radius 2 is 2.24 bits per heavy atom. The van der Waals surface area contributed by atoms with E-state index in [1.807, 2.05) is 0 Å². The van der Waals surface area contributed by atoms with Crippen LogP contribution in [0.2, 0.25) is 0 Å². The lowest BCUT2D eigenvalue weighted by Gasteiger charge is -2.37. The minimum absolute atomic E-state index is 0.0532. The number of rotatable bonds is 3. The molecule has 0 bridgehead atoms. The molecule has 100 valence electrons. The van der Waals surface area contributed by atoms with Gasteiger partial charge in [0.15, 0.2) is 0 Å². The summed E-state index contributed by atoms with van der Waals surface area (Å²) in [6, 6.07) is 0. The monoisotopic (exact) mass is 248 g/mol. The van der Waals surface area contributed by atoms with Crippen molar-refractivity contribution in [2.75, 3.05) is 32.8 Å². The molecular formula is C12H22F2N2O. The van der Waals surface area contributed by atoms with E-state index in [2.05, 4.69) is 4.90 Å². The van der Waals surface area contributed by atoms with Gasteiger partial charge in [-0.25, -0.2) is 8.78 Å². The van der Waals surface area contributed by atoms with E-state index in [4.69, 9.17) is 10.5 Å². The molecule has 2 unspecified atom stereocenters. The Bertz CT molecular complexity index is 251. The summed E-state index contributed by atoms with van der Waals surface area (Å²) in [5.41, 5.74) is 5.57. The molecule has 2 N–H and O–H groups in total. The molecule has 0 radical (unpaired) electrons. The Balaban J connectivity index is 1.80. The van der Waals surface area contributed by atoms with Crippen molar-refractivity contribution in [1.82, 2.24) is 4.90 Å². The van der Waals surface area contributed by atoms with Gasteiger partial charge in [-0.05, 0) is 18.8 Å². The summed E-state index contributed by atoms with van der Waals surface area (Å²) in [7, 11) is 0. The SMILES string of the molecule is NCC1CN(CC2CCCC(F)(F)C2)CCO1. The summed E-state index contributed by atoms with van der Waals surface area (Å²) in [4.78, 5) is 2.23. The van der Waals surface area contributed by atoms with Crippen LogP contribution in [0.25, 0.3) is 0 Å². The van der Waals surface area contributed by atoms with Crippen molar-refractivity contribution in [3.63, 3.8) is 0 Å². The third kappa shape index (κ3) is 3.86. The van der Waals surface area contributed by atoms with Crippen LogP contribution < -0.4 is 5.73 Å². The van der Waals surface area contributed by atoms with Gasteiger partial charge in [0.05, 0.1) is 12.7 Å². The summed E-state index contributed by atoms with van der Waals surface area (Å²) in [5.74, 6) is -2.31. The summed E-state index contributed by atoms with van der Waals surface area (Å²) in [6.45, 7) is 3.59. The predicted molar refractivity (Wildman–Crippen MR) is 62.1 cm³/mol. The Morgan fingerprint density at radius 3 is 2.94 bits per heavy atom. The highest BCUT2D eigenvalue weighted by Gasteiger charge is 2.37. The fraction of sp³-hybridized carbons (Fsp3) is 1.00. The molecule has 1 saturated carbocycles. The second kappa shape index (κ2) is 5.59. The van der Waals surface area contributed by atoms with Gasteiger partial charge in [-0.3, -0.25) is 4.90 Å². The lowest BCUT2D eigenvalue weighted by molar-refractivity contribution is -0.0686. The summed E-state index contributed by atoms with van der Waals surface area (Å²) in [5, 5.41) is 0. The highest BCUT2D eigenvalue weighted by molar-refractivity contribution is 4.82. The first-order valence-corrected chi connectivity index (χ1v) is 6.51. The second-order valence-electron chi connectivity index (χ2n) is 5.31. The van der Waals surface area contributed by atoms with E-state index in [9.17, 15) is 8.78 Å². The van der Waals surface area contributed by atoms with Crippen LogP contribution in [0.1, 0.15) is 25.7 Å². The Labute approximate surface area is 101 Å². The molecule has 0 amide bonds. The third-order valence-electron chi connectivity index (χ3n) is 3.74. The molecule has 5 heteroatoms. The van der Waals surface area contributed by atoms with Gasteiger partial charge in [-0.15, -0.1) is 0 Å². The van der Waals surface area contributed by atoms with Gasteiger partial charge in [-0.1, -0.05) is 0 Å². The fourth-order valence-corrected chi connectivity index (χ4v) is 2.89. The van der Waals surface area contributed by atoms with Gasteiger partial charge >= 0.3 is 0 Å². The number of hydrogen-bond donors (Lipinski definition) is 1. The molecule has 1 saturated heterocycles. The number of ether oxygens (including phenoxy) is 1. The lowest BCUT2D eigenvalue weighted by Crippen LogP contribution is -2.47. The van der Waals surface area contributed by atoms with Crippen LogP contribution in [0.5, 0.6) is 0 Å². The molecule has 0 aromatic rings. The average molecular weight is 248 g/mol. The quantitative estimate of drug-likeness (QED) is 0.822.